The van der Waals surface area contributed by atoms with Gasteiger partial charge in [0.05, 0.1) is 14.2 Å². The Balaban J connectivity index is 2.19. The molecule has 0 amide bonds. The molecule has 1 atom stereocenters. The number of rotatable bonds is 4. The number of nitrogens with zero attached hydrogens (tertiary/aromatic N) is 1. The number of nitrogens with one attached hydrogen (secondary N) is 1. The average molecular weight is 266 g/mol. The lowest BCUT2D eigenvalue weighted by molar-refractivity contribution is -0.139. The average Bonchev–Trinajstić information content (AvgIpc) is 2.46. The first-order chi connectivity index (χ1) is 9.15. The van der Waals surface area contributed by atoms with Gasteiger partial charge in [0.1, 0.15) is 6.04 Å². The van der Waals surface area contributed by atoms with E-state index in [9.17, 15) is 4.79 Å². The maximum absolute atomic E-state index is 11.0. The van der Waals surface area contributed by atoms with Gasteiger partial charge in [0.25, 0.3) is 0 Å². The standard InChI is InChI=1S/C13H18N2O4/c1-18-11-4-3-9(7-12(11)19-2)15-6-5-14-10(8-15)13(16)17/h3-4,7,10,14H,5-6,8H2,1-2H3,(H,16,17). The molecule has 0 aliphatic carbocycles. The molecule has 1 aliphatic heterocycles. The number of piperazine rings is 1. The normalized spacial score (nSPS) is 19.1. The molecule has 6 heteroatoms. The van der Waals surface area contributed by atoms with Gasteiger partial charge < -0.3 is 24.8 Å². The fraction of sp³-hybridized carbons (Fsp3) is 0.462. The Hall–Kier alpha value is -1.95. The predicted molar refractivity (Wildman–Crippen MR) is 71.2 cm³/mol. The van der Waals surface area contributed by atoms with Gasteiger partial charge in [-0.05, 0) is 12.1 Å². The van der Waals surface area contributed by atoms with E-state index in [0.29, 0.717) is 24.6 Å². The Morgan fingerprint density at radius 1 is 1.37 bits per heavy atom. The topological polar surface area (TPSA) is 71.0 Å². The first kappa shape index (κ1) is 13.5. The maximum atomic E-state index is 11.0. The largest absolute Gasteiger partial charge is 0.493 e. The van der Waals surface area contributed by atoms with Crippen molar-refractivity contribution in [1.29, 1.82) is 0 Å². The van der Waals surface area contributed by atoms with Gasteiger partial charge in [-0.25, -0.2) is 0 Å². The predicted octanol–water partition coefficient (Wildman–Crippen LogP) is 0.567. The van der Waals surface area contributed by atoms with Crippen molar-refractivity contribution >= 4 is 11.7 Å². The van der Waals surface area contributed by atoms with Crippen molar-refractivity contribution in [2.45, 2.75) is 6.04 Å². The number of anilines is 1. The van der Waals surface area contributed by atoms with Gasteiger partial charge in [-0.1, -0.05) is 0 Å². The van der Waals surface area contributed by atoms with Gasteiger partial charge in [0.15, 0.2) is 11.5 Å². The molecule has 2 N–H and O–H groups in total. The van der Waals surface area contributed by atoms with Gasteiger partial charge in [-0.2, -0.15) is 0 Å². The van der Waals surface area contributed by atoms with E-state index in [1.165, 1.54) is 0 Å². The number of benzene rings is 1. The number of hydrogen-bond donors (Lipinski definition) is 2. The molecule has 0 saturated carbocycles. The van der Waals surface area contributed by atoms with Crippen molar-refractivity contribution < 1.29 is 19.4 Å². The second kappa shape index (κ2) is 5.79. The quantitative estimate of drug-likeness (QED) is 0.830. The van der Waals surface area contributed by atoms with E-state index in [1.54, 1.807) is 14.2 Å². The molecule has 1 heterocycles. The molecule has 1 saturated heterocycles. The van der Waals surface area contributed by atoms with Gasteiger partial charge in [0, 0.05) is 31.4 Å². The molecule has 0 radical (unpaired) electrons. The third-order valence-electron chi connectivity index (χ3n) is 3.21. The van der Waals surface area contributed by atoms with E-state index in [0.717, 1.165) is 12.2 Å². The second-order valence-corrected chi connectivity index (χ2v) is 4.33. The summed E-state index contributed by atoms with van der Waals surface area (Å²) in [6.45, 7) is 1.84. The molecule has 1 fully saturated rings. The van der Waals surface area contributed by atoms with Crippen molar-refractivity contribution in [3.05, 3.63) is 18.2 Å². The SMILES string of the molecule is COc1ccc(N2CCNC(C(=O)O)C2)cc1OC. The molecule has 0 aromatic heterocycles. The molecule has 1 unspecified atom stereocenters. The molecular weight excluding hydrogens is 248 g/mol. The highest BCUT2D eigenvalue weighted by Gasteiger charge is 2.25. The van der Waals surface area contributed by atoms with Gasteiger partial charge >= 0.3 is 5.97 Å². The van der Waals surface area contributed by atoms with E-state index in [-0.39, 0.29) is 0 Å². The first-order valence-corrected chi connectivity index (χ1v) is 6.09. The number of carbonyl (C=O) groups is 1. The third-order valence-corrected chi connectivity index (χ3v) is 3.21. The summed E-state index contributed by atoms with van der Waals surface area (Å²) in [5.41, 5.74) is 0.936. The molecule has 104 valence electrons. The van der Waals surface area contributed by atoms with Crippen LogP contribution in [0.5, 0.6) is 11.5 Å². The minimum atomic E-state index is -0.829. The minimum Gasteiger partial charge on any atom is -0.493 e. The highest BCUT2D eigenvalue weighted by Crippen LogP contribution is 2.31. The summed E-state index contributed by atoms with van der Waals surface area (Å²) in [7, 11) is 3.17. The number of carboxylic acids is 1. The lowest BCUT2D eigenvalue weighted by Crippen LogP contribution is -2.54. The van der Waals surface area contributed by atoms with Crippen LogP contribution in [0.25, 0.3) is 0 Å². The van der Waals surface area contributed by atoms with Crippen molar-refractivity contribution in [3.8, 4) is 11.5 Å². The Kier molecular flexibility index (Phi) is 4.11. The summed E-state index contributed by atoms with van der Waals surface area (Å²) in [5, 5.41) is 12.0. The Bertz CT molecular complexity index is 464. The monoisotopic (exact) mass is 266 g/mol. The maximum Gasteiger partial charge on any atom is 0.322 e. The fourth-order valence-electron chi connectivity index (χ4n) is 2.17. The van der Waals surface area contributed by atoms with E-state index >= 15 is 0 Å². The van der Waals surface area contributed by atoms with E-state index in [1.807, 2.05) is 23.1 Å². The molecule has 2 rings (SSSR count). The highest BCUT2D eigenvalue weighted by molar-refractivity contribution is 5.75. The molecule has 1 aromatic rings. The molecule has 1 aliphatic rings. The van der Waals surface area contributed by atoms with Gasteiger partial charge in [-0.3, -0.25) is 4.79 Å². The number of aliphatic carboxylic acids is 1. The van der Waals surface area contributed by atoms with Crippen LogP contribution in [0.4, 0.5) is 5.69 Å². The van der Waals surface area contributed by atoms with Crippen molar-refractivity contribution in [1.82, 2.24) is 5.32 Å². The van der Waals surface area contributed by atoms with E-state index in [4.69, 9.17) is 14.6 Å². The van der Waals surface area contributed by atoms with Gasteiger partial charge in [-0.15, -0.1) is 0 Å². The zero-order chi connectivity index (χ0) is 13.8. The van der Waals surface area contributed by atoms with Crippen molar-refractivity contribution in [2.75, 3.05) is 38.8 Å². The number of ether oxygens (including phenoxy) is 2. The third kappa shape index (κ3) is 2.90. The molecular formula is C13H18N2O4. The Labute approximate surface area is 111 Å². The summed E-state index contributed by atoms with van der Waals surface area (Å²) in [5.74, 6) is 0.478. The summed E-state index contributed by atoms with van der Waals surface area (Å²) < 4.78 is 10.4. The minimum absolute atomic E-state index is 0.435. The smallest absolute Gasteiger partial charge is 0.322 e. The zero-order valence-corrected chi connectivity index (χ0v) is 11.0. The summed E-state index contributed by atoms with van der Waals surface area (Å²) in [6, 6.07) is 5.06. The lowest BCUT2D eigenvalue weighted by Gasteiger charge is -2.33. The van der Waals surface area contributed by atoms with Crippen LogP contribution in [0.2, 0.25) is 0 Å². The number of carboxylic acid groups (broad SMARTS) is 1. The van der Waals surface area contributed by atoms with Crippen LogP contribution in [0, 0.1) is 0 Å². The Morgan fingerprint density at radius 2 is 2.11 bits per heavy atom. The van der Waals surface area contributed by atoms with E-state index in [2.05, 4.69) is 5.32 Å². The van der Waals surface area contributed by atoms with Crippen LogP contribution < -0.4 is 19.7 Å². The van der Waals surface area contributed by atoms with Crippen LogP contribution in [0.15, 0.2) is 18.2 Å². The number of hydrogen-bond acceptors (Lipinski definition) is 5. The highest BCUT2D eigenvalue weighted by atomic mass is 16.5. The zero-order valence-electron chi connectivity index (χ0n) is 11.0. The first-order valence-electron chi connectivity index (χ1n) is 6.09. The van der Waals surface area contributed by atoms with Gasteiger partial charge in [0.2, 0.25) is 0 Å². The summed E-state index contributed by atoms with van der Waals surface area (Å²) in [4.78, 5) is 13.0. The van der Waals surface area contributed by atoms with Crippen molar-refractivity contribution in [3.63, 3.8) is 0 Å². The number of methoxy groups -OCH3 is 2. The van der Waals surface area contributed by atoms with E-state index < -0.39 is 12.0 Å². The Morgan fingerprint density at radius 3 is 2.74 bits per heavy atom. The molecule has 19 heavy (non-hydrogen) atoms. The van der Waals surface area contributed by atoms with Crippen molar-refractivity contribution in [2.24, 2.45) is 0 Å². The molecule has 1 aromatic carbocycles. The summed E-state index contributed by atoms with van der Waals surface area (Å²) in [6.07, 6.45) is 0. The van der Waals surface area contributed by atoms with Crippen LogP contribution in [0.3, 0.4) is 0 Å². The van der Waals surface area contributed by atoms with Crippen LogP contribution in [-0.2, 0) is 4.79 Å². The fourth-order valence-corrected chi connectivity index (χ4v) is 2.17. The molecule has 0 bridgehead atoms. The molecule has 6 nitrogen and oxygen atoms in total. The van der Waals surface area contributed by atoms with Crippen LogP contribution >= 0.6 is 0 Å². The summed E-state index contributed by atoms with van der Waals surface area (Å²) >= 11 is 0. The van der Waals surface area contributed by atoms with Crippen LogP contribution in [-0.4, -0.2) is 51.0 Å². The van der Waals surface area contributed by atoms with Crippen LogP contribution in [0.1, 0.15) is 0 Å². The lowest BCUT2D eigenvalue weighted by atomic mass is 10.1. The molecule has 0 spiro atoms. The second-order valence-electron chi connectivity index (χ2n) is 4.33.